The van der Waals surface area contributed by atoms with E-state index in [0.717, 1.165) is 11.3 Å². The summed E-state index contributed by atoms with van der Waals surface area (Å²) in [7, 11) is 0. The molecule has 3 heteroatoms. The maximum atomic E-state index is 6.01. The zero-order valence-corrected chi connectivity index (χ0v) is 10.4. The predicted molar refractivity (Wildman–Crippen MR) is 66.9 cm³/mol. The number of aryl methyl sites for hydroxylation is 1. The second kappa shape index (κ2) is 3.24. The molecule has 16 heavy (non-hydrogen) atoms. The molecule has 1 aliphatic rings. The monoisotopic (exact) mass is 234 g/mol. The Hall–Kier alpha value is -1.02. The molecule has 84 valence electrons. The summed E-state index contributed by atoms with van der Waals surface area (Å²) in [5.41, 5.74) is 3.88. The Balaban J connectivity index is 2.38. The van der Waals surface area contributed by atoms with Gasteiger partial charge in [0.25, 0.3) is 0 Å². The molecule has 0 atom stereocenters. The molecular weight excluding hydrogens is 220 g/mol. The molecule has 3 rings (SSSR count). The summed E-state index contributed by atoms with van der Waals surface area (Å²) in [6.07, 6.45) is 2.47. The van der Waals surface area contributed by atoms with Crippen molar-refractivity contribution in [2.24, 2.45) is 0 Å². The van der Waals surface area contributed by atoms with Crippen LogP contribution in [0.4, 0.5) is 0 Å². The number of halogens is 1. The fraction of sp³-hybridized carbons (Fsp3) is 0.462. The van der Waals surface area contributed by atoms with Gasteiger partial charge < -0.3 is 4.57 Å². The third-order valence-corrected chi connectivity index (χ3v) is 3.82. The Bertz CT molecular complexity index is 552. The lowest BCUT2D eigenvalue weighted by Crippen LogP contribution is -2.15. The van der Waals surface area contributed by atoms with Crippen molar-refractivity contribution in [3.05, 3.63) is 29.6 Å². The molecule has 1 heterocycles. The SMILES string of the molecule is Cc1cccc2nc(CCl)n(C3(C)CC3)c12. The van der Waals surface area contributed by atoms with Crippen molar-refractivity contribution < 1.29 is 0 Å². The van der Waals surface area contributed by atoms with Crippen LogP contribution in [-0.4, -0.2) is 9.55 Å². The first-order valence-corrected chi connectivity index (χ1v) is 6.22. The van der Waals surface area contributed by atoms with Gasteiger partial charge in [0.05, 0.1) is 16.9 Å². The summed E-state index contributed by atoms with van der Waals surface area (Å²) in [4.78, 5) is 4.63. The van der Waals surface area contributed by atoms with E-state index in [9.17, 15) is 0 Å². The zero-order valence-electron chi connectivity index (χ0n) is 9.63. The van der Waals surface area contributed by atoms with Crippen molar-refractivity contribution in [2.75, 3.05) is 0 Å². The third-order valence-electron chi connectivity index (χ3n) is 3.58. The maximum Gasteiger partial charge on any atom is 0.125 e. The summed E-state index contributed by atoms with van der Waals surface area (Å²) in [5, 5.41) is 0. The molecule has 0 bridgehead atoms. The van der Waals surface area contributed by atoms with E-state index >= 15 is 0 Å². The number of benzene rings is 1. The molecule has 0 aliphatic heterocycles. The van der Waals surface area contributed by atoms with Gasteiger partial charge in [0.15, 0.2) is 0 Å². The van der Waals surface area contributed by atoms with Crippen LogP contribution in [0.3, 0.4) is 0 Å². The van der Waals surface area contributed by atoms with Crippen LogP contribution in [0, 0.1) is 6.92 Å². The minimum absolute atomic E-state index is 0.255. The first-order chi connectivity index (χ1) is 7.65. The molecule has 1 aromatic carbocycles. The van der Waals surface area contributed by atoms with Crippen LogP contribution in [0.2, 0.25) is 0 Å². The molecule has 2 nitrogen and oxygen atoms in total. The Kier molecular flexibility index (Phi) is 2.05. The molecule has 1 aromatic heterocycles. The maximum absolute atomic E-state index is 6.01. The van der Waals surface area contributed by atoms with Crippen molar-refractivity contribution in [3.63, 3.8) is 0 Å². The van der Waals surface area contributed by atoms with Gasteiger partial charge in [-0.25, -0.2) is 4.98 Å². The van der Waals surface area contributed by atoms with E-state index in [-0.39, 0.29) is 5.54 Å². The third kappa shape index (κ3) is 1.29. The molecule has 0 amide bonds. The van der Waals surface area contributed by atoms with Crippen LogP contribution in [0.15, 0.2) is 18.2 Å². The van der Waals surface area contributed by atoms with Crippen LogP contribution in [0.5, 0.6) is 0 Å². The van der Waals surface area contributed by atoms with Crippen LogP contribution < -0.4 is 0 Å². The van der Waals surface area contributed by atoms with Crippen molar-refractivity contribution >= 4 is 22.6 Å². The number of rotatable bonds is 2. The largest absolute Gasteiger partial charge is 0.321 e. The number of imidazole rings is 1. The first-order valence-electron chi connectivity index (χ1n) is 5.69. The fourth-order valence-electron chi connectivity index (χ4n) is 2.42. The highest BCUT2D eigenvalue weighted by Crippen LogP contribution is 2.46. The molecule has 0 N–H and O–H groups in total. The summed E-state index contributed by atoms with van der Waals surface area (Å²) in [5.74, 6) is 1.50. The highest BCUT2D eigenvalue weighted by atomic mass is 35.5. The van der Waals surface area contributed by atoms with Gasteiger partial charge in [0.2, 0.25) is 0 Å². The van der Waals surface area contributed by atoms with E-state index in [1.54, 1.807) is 0 Å². The molecule has 1 aliphatic carbocycles. The molecular formula is C13H15ClN2. The molecule has 2 aromatic rings. The van der Waals surface area contributed by atoms with Gasteiger partial charge >= 0.3 is 0 Å². The Morgan fingerprint density at radius 3 is 2.81 bits per heavy atom. The van der Waals surface area contributed by atoms with Crippen molar-refractivity contribution in [3.8, 4) is 0 Å². The number of nitrogens with zero attached hydrogens (tertiary/aromatic N) is 2. The Morgan fingerprint density at radius 1 is 1.44 bits per heavy atom. The van der Waals surface area contributed by atoms with E-state index in [4.69, 9.17) is 11.6 Å². The van der Waals surface area contributed by atoms with Gasteiger partial charge in [-0.05, 0) is 38.3 Å². The van der Waals surface area contributed by atoms with Crippen LogP contribution in [0.25, 0.3) is 11.0 Å². The van der Waals surface area contributed by atoms with Gasteiger partial charge in [-0.1, -0.05) is 12.1 Å². The minimum atomic E-state index is 0.255. The summed E-state index contributed by atoms with van der Waals surface area (Å²) in [6.45, 7) is 4.43. The summed E-state index contributed by atoms with van der Waals surface area (Å²) < 4.78 is 2.35. The lowest BCUT2D eigenvalue weighted by atomic mass is 10.2. The first kappa shape index (κ1) is 10.2. The number of hydrogen-bond donors (Lipinski definition) is 0. The standard InChI is InChI=1S/C13H15ClN2/c1-9-4-3-5-10-12(9)16(11(8-14)15-10)13(2)6-7-13/h3-5H,6-8H2,1-2H3. The number of alkyl halides is 1. The van der Waals surface area contributed by atoms with Crippen molar-refractivity contribution in [2.45, 2.75) is 38.1 Å². The van der Waals surface area contributed by atoms with E-state index < -0.39 is 0 Å². The minimum Gasteiger partial charge on any atom is -0.321 e. The normalized spacial score (nSPS) is 17.9. The second-order valence-corrected chi connectivity index (χ2v) is 5.20. The smallest absolute Gasteiger partial charge is 0.125 e. The topological polar surface area (TPSA) is 17.8 Å². The molecule has 1 fully saturated rings. The lowest BCUT2D eigenvalue weighted by molar-refractivity contribution is 0.530. The highest BCUT2D eigenvalue weighted by Gasteiger charge is 2.41. The number of hydrogen-bond acceptors (Lipinski definition) is 1. The van der Waals surface area contributed by atoms with E-state index in [1.165, 1.54) is 23.9 Å². The van der Waals surface area contributed by atoms with E-state index in [1.807, 2.05) is 0 Å². The molecule has 0 radical (unpaired) electrons. The number of aromatic nitrogens is 2. The van der Waals surface area contributed by atoms with Gasteiger partial charge in [0, 0.05) is 5.54 Å². The lowest BCUT2D eigenvalue weighted by Gasteiger charge is -2.16. The van der Waals surface area contributed by atoms with E-state index in [2.05, 4.69) is 41.6 Å². The van der Waals surface area contributed by atoms with Gasteiger partial charge in [0.1, 0.15) is 5.82 Å². The average Bonchev–Trinajstić information content (AvgIpc) is 2.88. The zero-order chi connectivity index (χ0) is 11.3. The van der Waals surface area contributed by atoms with Gasteiger partial charge in [-0.15, -0.1) is 11.6 Å². The van der Waals surface area contributed by atoms with Crippen molar-refractivity contribution in [1.29, 1.82) is 0 Å². The average molecular weight is 235 g/mol. The second-order valence-electron chi connectivity index (χ2n) is 4.94. The van der Waals surface area contributed by atoms with Gasteiger partial charge in [-0.3, -0.25) is 0 Å². The van der Waals surface area contributed by atoms with Crippen molar-refractivity contribution in [1.82, 2.24) is 9.55 Å². The molecule has 1 saturated carbocycles. The Morgan fingerprint density at radius 2 is 2.19 bits per heavy atom. The molecule has 0 spiro atoms. The quantitative estimate of drug-likeness (QED) is 0.727. The van der Waals surface area contributed by atoms with Crippen LogP contribution in [0.1, 0.15) is 31.2 Å². The van der Waals surface area contributed by atoms with E-state index in [0.29, 0.717) is 5.88 Å². The summed E-state index contributed by atoms with van der Waals surface area (Å²) >= 11 is 6.01. The molecule has 0 saturated heterocycles. The molecule has 0 unspecified atom stereocenters. The number of para-hydroxylation sites is 1. The fourth-order valence-corrected chi connectivity index (χ4v) is 2.60. The predicted octanol–water partition coefficient (Wildman–Crippen LogP) is 3.59. The van der Waals surface area contributed by atoms with Gasteiger partial charge in [-0.2, -0.15) is 0 Å². The summed E-state index contributed by atoms with van der Waals surface area (Å²) in [6, 6.07) is 6.27. The van der Waals surface area contributed by atoms with Crippen LogP contribution in [-0.2, 0) is 11.4 Å². The number of fused-ring (bicyclic) bond motifs is 1. The highest BCUT2D eigenvalue weighted by molar-refractivity contribution is 6.16. The Labute approximate surface area is 100 Å². The van der Waals surface area contributed by atoms with Crippen LogP contribution >= 0.6 is 11.6 Å².